The van der Waals surface area contributed by atoms with Gasteiger partial charge in [-0.05, 0) is 23.3 Å². The molecule has 0 aliphatic carbocycles. The molecule has 2 heterocycles. The van der Waals surface area contributed by atoms with Gasteiger partial charge in [-0.1, -0.05) is 12.1 Å². The van der Waals surface area contributed by atoms with Crippen molar-refractivity contribution in [1.29, 1.82) is 0 Å². The number of hydrogen-bond donors (Lipinski definition) is 0. The van der Waals surface area contributed by atoms with Crippen LogP contribution in [0.25, 0.3) is 0 Å². The lowest BCUT2D eigenvalue weighted by atomic mass is 9.98. The predicted molar refractivity (Wildman–Crippen MR) is 93.9 cm³/mol. The molecule has 27 heavy (non-hydrogen) atoms. The number of pyridine rings is 1. The monoisotopic (exact) mass is 373 g/mol. The lowest BCUT2D eigenvalue weighted by molar-refractivity contribution is -0.180. The molecule has 0 saturated heterocycles. The fourth-order valence-corrected chi connectivity index (χ4v) is 2.86. The Labute approximate surface area is 156 Å². The van der Waals surface area contributed by atoms with Crippen LogP contribution in [0.2, 0.25) is 0 Å². The molecule has 142 valence electrons. The number of benzene rings is 1. The van der Waals surface area contributed by atoms with Crippen LogP contribution in [0, 0.1) is 5.82 Å². The first kappa shape index (κ1) is 19.0. The molecule has 7 heteroatoms. The minimum absolute atomic E-state index is 0.0543. The number of Topliss-reactive ketones (excluding diaryl/α,β-unsaturated/α-hetero) is 1. The molecule has 1 aliphatic rings. The zero-order valence-corrected chi connectivity index (χ0v) is 15.4. The van der Waals surface area contributed by atoms with Crippen LogP contribution in [0.1, 0.15) is 41.0 Å². The molecule has 0 bridgehead atoms. The summed E-state index contributed by atoms with van der Waals surface area (Å²) in [6.07, 6.45) is 1.74. The summed E-state index contributed by atoms with van der Waals surface area (Å²) >= 11 is 0. The molecule has 0 amide bonds. The van der Waals surface area contributed by atoms with E-state index in [1.165, 1.54) is 25.4 Å². The number of esters is 1. The number of ketones is 1. The van der Waals surface area contributed by atoms with E-state index in [2.05, 4.69) is 4.98 Å². The molecule has 1 aliphatic heterocycles. The summed E-state index contributed by atoms with van der Waals surface area (Å²) in [6, 6.07) is 5.80. The van der Waals surface area contributed by atoms with E-state index in [-0.39, 0.29) is 42.5 Å². The van der Waals surface area contributed by atoms with Crippen molar-refractivity contribution < 1.29 is 28.2 Å². The van der Waals surface area contributed by atoms with E-state index in [4.69, 9.17) is 14.2 Å². The van der Waals surface area contributed by atoms with Crippen LogP contribution < -0.4 is 4.74 Å². The normalized spacial score (nSPS) is 14.8. The topological polar surface area (TPSA) is 74.7 Å². The van der Waals surface area contributed by atoms with Crippen LogP contribution in [-0.2, 0) is 33.7 Å². The van der Waals surface area contributed by atoms with E-state index in [9.17, 15) is 14.0 Å². The van der Waals surface area contributed by atoms with Crippen molar-refractivity contribution in [3.8, 4) is 5.75 Å². The van der Waals surface area contributed by atoms with Crippen LogP contribution in [0.3, 0.4) is 0 Å². The molecule has 0 spiro atoms. The number of carbonyl (C=O) groups excluding carboxylic acids is 2. The number of ether oxygens (including phenoxy) is 3. The van der Waals surface area contributed by atoms with Crippen LogP contribution >= 0.6 is 0 Å². The van der Waals surface area contributed by atoms with E-state index in [0.717, 1.165) is 5.56 Å². The third-order valence-electron chi connectivity index (χ3n) is 4.22. The van der Waals surface area contributed by atoms with Crippen LogP contribution in [0.4, 0.5) is 4.39 Å². The minimum Gasteiger partial charge on any atom is -0.464 e. The van der Waals surface area contributed by atoms with Crippen molar-refractivity contribution in [3.05, 3.63) is 58.7 Å². The number of methoxy groups -OCH3 is 1. The Bertz CT molecular complexity index is 877. The molecule has 6 nitrogen and oxygen atoms in total. The van der Waals surface area contributed by atoms with Crippen LogP contribution in [0.5, 0.6) is 5.75 Å². The highest BCUT2D eigenvalue weighted by Gasteiger charge is 2.33. The number of aromatic nitrogens is 1. The molecular formula is C20H20FNO5. The van der Waals surface area contributed by atoms with E-state index in [1.54, 1.807) is 26.0 Å². The van der Waals surface area contributed by atoms with Gasteiger partial charge in [0.2, 0.25) is 5.79 Å². The Hall–Kier alpha value is -2.80. The number of nitrogens with zero attached hydrogens (tertiary/aromatic N) is 1. The fraction of sp³-hybridized carbons (Fsp3) is 0.350. The van der Waals surface area contributed by atoms with Gasteiger partial charge in [0.1, 0.15) is 11.6 Å². The zero-order valence-electron chi connectivity index (χ0n) is 15.4. The Morgan fingerprint density at radius 3 is 2.59 bits per heavy atom. The largest absolute Gasteiger partial charge is 0.464 e. The lowest BCUT2D eigenvalue weighted by Crippen LogP contribution is -2.37. The predicted octanol–water partition coefficient (Wildman–Crippen LogP) is 3.01. The van der Waals surface area contributed by atoms with Gasteiger partial charge in [0.15, 0.2) is 11.4 Å². The van der Waals surface area contributed by atoms with Crippen molar-refractivity contribution >= 4 is 11.8 Å². The summed E-state index contributed by atoms with van der Waals surface area (Å²) in [6.45, 7) is 3.64. The van der Waals surface area contributed by atoms with Crippen molar-refractivity contribution in [2.75, 3.05) is 7.11 Å². The SMILES string of the molecule is COC(=O)c1ncc(CC(=O)Cc2ccc(F)cc2)c2c1OC(C)(C)OC2. The van der Waals surface area contributed by atoms with Gasteiger partial charge < -0.3 is 14.2 Å². The summed E-state index contributed by atoms with van der Waals surface area (Å²) in [4.78, 5) is 28.6. The second-order valence-corrected chi connectivity index (χ2v) is 6.74. The van der Waals surface area contributed by atoms with Gasteiger partial charge in [-0.3, -0.25) is 4.79 Å². The maximum atomic E-state index is 13.0. The van der Waals surface area contributed by atoms with Gasteiger partial charge in [-0.2, -0.15) is 0 Å². The molecule has 0 radical (unpaired) electrons. The molecule has 1 aromatic carbocycles. The molecular weight excluding hydrogens is 353 g/mol. The maximum absolute atomic E-state index is 13.0. The van der Waals surface area contributed by atoms with Gasteiger partial charge in [-0.25, -0.2) is 14.2 Å². The molecule has 3 rings (SSSR count). The smallest absolute Gasteiger partial charge is 0.360 e. The molecule has 0 fully saturated rings. The average molecular weight is 373 g/mol. The van der Waals surface area contributed by atoms with E-state index >= 15 is 0 Å². The van der Waals surface area contributed by atoms with E-state index in [1.807, 2.05) is 0 Å². The summed E-state index contributed by atoms with van der Waals surface area (Å²) < 4.78 is 29.2. The highest BCUT2D eigenvalue weighted by molar-refractivity contribution is 5.91. The van der Waals surface area contributed by atoms with Crippen LogP contribution in [-0.4, -0.2) is 29.6 Å². The molecule has 0 N–H and O–H groups in total. The first-order valence-electron chi connectivity index (χ1n) is 8.47. The molecule has 0 saturated carbocycles. The molecule has 2 aromatic rings. The van der Waals surface area contributed by atoms with Gasteiger partial charge in [-0.15, -0.1) is 0 Å². The molecule has 0 unspecified atom stereocenters. The lowest BCUT2D eigenvalue weighted by Gasteiger charge is -2.34. The highest BCUT2D eigenvalue weighted by atomic mass is 19.1. The third kappa shape index (κ3) is 4.31. The van der Waals surface area contributed by atoms with Gasteiger partial charge in [0.25, 0.3) is 0 Å². The molecule has 1 aromatic heterocycles. The Morgan fingerprint density at radius 2 is 1.93 bits per heavy atom. The van der Waals surface area contributed by atoms with Crippen molar-refractivity contribution in [1.82, 2.24) is 4.98 Å². The first-order valence-corrected chi connectivity index (χ1v) is 8.47. The fourth-order valence-electron chi connectivity index (χ4n) is 2.86. The number of hydrogen-bond acceptors (Lipinski definition) is 6. The maximum Gasteiger partial charge on any atom is 0.360 e. The summed E-state index contributed by atoms with van der Waals surface area (Å²) in [5.41, 5.74) is 2.01. The first-order chi connectivity index (χ1) is 12.8. The standard InChI is InChI=1S/C20H20FNO5/c1-20(2)26-11-16-13(10-22-17(18(16)27-20)19(24)25-3)9-15(23)8-12-4-6-14(21)7-5-12/h4-7,10H,8-9,11H2,1-3H3. The number of halogens is 1. The quantitative estimate of drug-likeness (QED) is 0.750. The van der Waals surface area contributed by atoms with E-state index < -0.39 is 11.8 Å². The van der Waals surface area contributed by atoms with Crippen molar-refractivity contribution in [2.24, 2.45) is 0 Å². The Kier molecular flexibility index (Phi) is 5.23. The van der Waals surface area contributed by atoms with E-state index in [0.29, 0.717) is 11.1 Å². The second-order valence-electron chi connectivity index (χ2n) is 6.74. The summed E-state index contributed by atoms with van der Waals surface area (Å²) in [5.74, 6) is -1.67. The highest BCUT2D eigenvalue weighted by Crippen LogP contribution is 2.36. The number of rotatable bonds is 5. The van der Waals surface area contributed by atoms with Gasteiger partial charge in [0, 0.05) is 38.4 Å². The van der Waals surface area contributed by atoms with Crippen molar-refractivity contribution in [2.45, 2.75) is 39.1 Å². The van der Waals surface area contributed by atoms with Crippen LogP contribution in [0.15, 0.2) is 30.5 Å². The summed E-state index contributed by atoms with van der Waals surface area (Å²) in [5, 5.41) is 0. The second kappa shape index (κ2) is 7.44. The Balaban J connectivity index is 1.86. The number of fused-ring (bicyclic) bond motifs is 1. The van der Waals surface area contributed by atoms with Gasteiger partial charge >= 0.3 is 5.97 Å². The summed E-state index contributed by atoms with van der Waals surface area (Å²) in [7, 11) is 1.26. The van der Waals surface area contributed by atoms with Gasteiger partial charge in [0.05, 0.1) is 13.7 Å². The third-order valence-corrected chi connectivity index (χ3v) is 4.22. The average Bonchev–Trinajstić information content (AvgIpc) is 2.62. The molecule has 0 atom stereocenters. The zero-order chi connectivity index (χ0) is 19.6. The number of carbonyl (C=O) groups is 2. The van der Waals surface area contributed by atoms with Crippen molar-refractivity contribution in [3.63, 3.8) is 0 Å². The minimum atomic E-state index is -0.922. The Morgan fingerprint density at radius 1 is 1.22 bits per heavy atom.